The number of nitrogens with one attached hydrogen (secondary N) is 1. The van der Waals surface area contributed by atoms with Gasteiger partial charge in [-0.2, -0.15) is 5.10 Å². The van der Waals surface area contributed by atoms with E-state index >= 15 is 0 Å². The Morgan fingerprint density at radius 3 is 3.17 bits per heavy atom. The van der Waals surface area contributed by atoms with Crippen molar-refractivity contribution in [2.45, 2.75) is 25.7 Å². The minimum atomic E-state index is 0.741. The van der Waals surface area contributed by atoms with Crippen molar-refractivity contribution >= 4 is 10.9 Å². The number of rotatable bonds is 2. The number of fused-ring (bicyclic) bond motifs is 1. The van der Waals surface area contributed by atoms with Crippen molar-refractivity contribution in [3.05, 3.63) is 30.0 Å². The van der Waals surface area contributed by atoms with Gasteiger partial charge in [-0.3, -0.25) is 4.68 Å². The molecule has 2 aromatic rings. The zero-order chi connectivity index (χ0) is 12.4. The average Bonchev–Trinajstić information content (AvgIpc) is 2.58. The normalized spacial score (nSPS) is 21.1. The highest BCUT2D eigenvalue weighted by molar-refractivity contribution is 5.81. The summed E-state index contributed by atoms with van der Waals surface area (Å²) < 4.78 is 2.01. The van der Waals surface area contributed by atoms with E-state index in [1.165, 1.54) is 42.4 Å². The molecule has 0 radical (unpaired) electrons. The van der Waals surface area contributed by atoms with E-state index in [4.69, 9.17) is 5.10 Å². The molecule has 0 bridgehead atoms. The van der Waals surface area contributed by atoms with Crippen molar-refractivity contribution in [1.82, 2.24) is 15.1 Å². The summed E-state index contributed by atoms with van der Waals surface area (Å²) in [5.74, 6) is 0.741. The molecule has 1 unspecified atom stereocenters. The highest BCUT2D eigenvalue weighted by Gasteiger charge is 2.16. The van der Waals surface area contributed by atoms with Crippen molar-refractivity contribution in [3.8, 4) is 0 Å². The Balaban J connectivity index is 1.85. The number of benzene rings is 1. The molecule has 3 heteroatoms. The standard InChI is InChI=1S/C15H21N3/c1-18-15-8-3-2-7-13(15)14(17-18)10-12-6-4-5-9-16-11-12/h2-3,7-8,12,16H,4-6,9-11H2,1H3. The third-order valence-electron chi connectivity index (χ3n) is 3.97. The van der Waals surface area contributed by atoms with Crippen LogP contribution in [-0.4, -0.2) is 22.9 Å². The quantitative estimate of drug-likeness (QED) is 0.878. The maximum Gasteiger partial charge on any atom is 0.0706 e. The van der Waals surface area contributed by atoms with E-state index < -0.39 is 0 Å². The highest BCUT2D eigenvalue weighted by Crippen LogP contribution is 2.22. The molecule has 0 amide bonds. The third kappa shape index (κ3) is 2.27. The van der Waals surface area contributed by atoms with Crippen molar-refractivity contribution in [3.63, 3.8) is 0 Å². The van der Waals surface area contributed by atoms with E-state index in [0.29, 0.717) is 0 Å². The minimum absolute atomic E-state index is 0.741. The van der Waals surface area contributed by atoms with Crippen LogP contribution in [0.25, 0.3) is 10.9 Å². The van der Waals surface area contributed by atoms with Gasteiger partial charge in [0, 0.05) is 12.4 Å². The maximum atomic E-state index is 4.70. The first-order valence-corrected chi connectivity index (χ1v) is 6.96. The molecule has 1 fully saturated rings. The minimum Gasteiger partial charge on any atom is -0.316 e. The summed E-state index contributed by atoms with van der Waals surface area (Å²) in [5.41, 5.74) is 2.51. The largest absolute Gasteiger partial charge is 0.316 e. The van der Waals surface area contributed by atoms with Crippen LogP contribution in [0.2, 0.25) is 0 Å². The lowest BCUT2D eigenvalue weighted by atomic mass is 9.96. The number of aromatic nitrogens is 2. The Bertz CT molecular complexity index is 522. The van der Waals surface area contributed by atoms with Crippen LogP contribution in [0.3, 0.4) is 0 Å². The summed E-state index contributed by atoms with van der Waals surface area (Å²) in [6.45, 7) is 2.32. The fourth-order valence-corrected chi connectivity index (χ4v) is 2.98. The summed E-state index contributed by atoms with van der Waals surface area (Å²) in [4.78, 5) is 0. The molecule has 1 aliphatic rings. The van der Waals surface area contributed by atoms with Crippen LogP contribution in [-0.2, 0) is 13.5 Å². The van der Waals surface area contributed by atoms with Gasteiger partial charge in [-0.25, -0.2) is 0 Å². The van der Waals surface area contributed by atoms with Crippen molar-refractivity contribution < 1.29 is 0 Å². The molecule has 1 N–H and O–H groups in total. The van der Waals surface area contributed by atoms with Gasteiger partial charge >= 0.3 is 0 Å². The van der Waals surface area contributed by atoms with Crippen LogP contribution >= 0.6 is 0 Å². The van der Waals surface area contributed by atoms with Gasteiger partial charge in [-0.15, -0.1) is 0 Å². The van der Waals surface area contributed by atoms with E-state index in [-0.39, 0.29) is 0 Å². The Hall–Kier alpha value is -1.35. The predicted molar refractivity (Wildman–Crippen MR) is 74.6 cm³/mol. The van der Waals surface area contributed by atoms with Crippen LogP contribution in [0.1, 0.15) is 25.0 Å². The summed E-state index contributed by atoms with van der Waals surface area (Å²) in [6.07, 6.45) is 5.11. The van der Waals surface area contributed by atoms with Gasteiger partial charge < -0.3 is 5.32 Å². The summed E-state index contributed by atoms with van der Waals surface area (Å²) in [5, 5.41) is 9.56. The topological polar surface area (TPSA) is 29.9 Å². The molecule has 1 aromatic carbocycles. The smallest absolute Gasteiger partial charge is 0.0706 e. The molecule has 1 aromatic heterocycles. The van der Waals surface area contributed by atoms with E-state index in [1.54, 1.807) is 0 Å². The summed E-state index contributed by atoms with van der Waals surface area (Å²) >= 11 is 0. The first-order chi connectivity index (χ1) is 8.84. The first kappa shape index (κ1) is 11.7. The molecule has 3 rings (SSSR count). The predicted octanol–water partition coefficient (Wildman–Crippen LogP) is 2.51. The molecule has 1 saturated heterocycles. The van der Waals surface area contributed by atoms with Gasteiger partial charge in [0.1, 0.15) is 0 Å². The van der Waals surface area contributed by atoms with Crippen LogP contribution in [0.5, 0.6) is 0 Å². The zero-order valence-electron chi connectivity index (χ0n) is 11.0. The summed E-state index contributed by atoms with van der Waals surface area (Å²) in [6, 6.07) is 8.54. The number of para-hydroxylation sites is 1. The fourth-order valence-electron chi connectivity index (χ4n) is 2.98. The van der Waals surface area contributed by atoms with Crippen molar-refractivity contribution in [2.75, 3.05) is 13.1 Å². The Morgan fingerprint density at radius 1 is 1.33 bits per heavy atom. The second-order valence-corrected chi connectivity index (χ2v) is 5.36. The van der Waals surface area contributed by atoms with Gasteiger partial charge in [0.2, 0.25) is 0 Å². The van der Waals surface area contributed by atoms with Crippen LogP contribution < -0.4 is 5.32 Å². The molecule has 0 spiro atoms. The monoisotopic (exact) mass is 243 g/mol. The number of nitrogens with zero attached hydrogens (tertiary/aromatic N) is 2. The fraction of sp³-hybridized carbons (Fsp3) is 0.533. The lowest BCUT2D eigenvalue weighted by Gasteiger charge is -2.12. The SMILES string of the molecule is Cn1nc(CC2CCCCNC2)c2ccccc21. The second-order valence-electron chi connectivity index (χ2n) is 5.36. The molecule has 2 heterocycles. The van der Waals surface area contributed by atoms with E-state index in [0.717, 1.165) is 18.9 Å². The molecule has 1 aliphatic heterocycles. The van der Waals surface area contributed by atoms with Gasteiger partial charge in [0.05, 0.1) is 11.2 Å². The Kier molecular flexibility index (Phi) is 3.33. The first-order valence-electron chi connectivity index (χ1n) is 6.96. The molecule has 3 nitrogen and oxygen atoms in total. The second kappa shape index (κ2) is 5.11. The van der Waals surface area contributed by atoms with Gasteiger partial charge in [-0.05, 0) is 44.3 Å². The number of aryl methyl sites for hydroxylation is 1. The molecule has 0 saturated carbocycles. The van der Waals surface area contributed by atoms with Crippen LogP contribution in [0, 0.1) is 5.92 Å². The van der Waals surface area contributed by atoms with Crippen molar-refractivity contribution in [1.29, 1.82) is 0 Å². The lowest BCUT2D eigenvalue weighted by Crippen LogP contribution is -2.22. The average molecular weight is 243 g/mol. The highest BCUT2D eigenvalue weighted by atomic mass is 15.3. The maximum absolute atomic E-state index is 4.70. The lowest BCUT2D eigenvalue weighted by molar-refractivity contribution is 0.471. The van der Waals surface area contributed by atoms with Gasteiger partial charge in [0.25, 0.3) is 0 Å². The molecule has 18 heavy (non-hydrogen) atoms. The van der Waals surface area contributed by atoms with Crippen molar-refractivity contribution in [2.24, 2.45) is 13.0 Å². The molecule has 0 aliphatic carbocycles. The van der Waals surface area contributed by atoms with Crippen LogP contribution in [0.15, 0.2) is 24.3 Å². The molecular formula is C15H21N3. The molecular weight excluding hydrogens is 222 g/mol. The summed E-state index contributed by atoms with van der Waals surface area (Å²) in [7, 11) is 2.04. The zero-order valence-corrected chi connectivity index (χ0v) is 11.0. The Morgan fingerprint density at radius 2 is 2.22 bits per heavy atom. The van der Waals surface area contributed by atoms with E-state index in [9.17, 15) is 0 Å². The van der Waals surface area contributed by atoms with Gasteiger partial charge in [-0.1, -0.05) is 24.6 Å². The van der Waals surface area contributed by atoms with Gasteiger partial charge in [0.15, 0.2) is 0 Å². The van der Waals surface area contributed by atoms with Crippen LogP contribution in [0.4, 0.5) is 0 Å². The number of hydrogen-bond donors (Lipinski definition) is 1. The molecule has 96 valence electrons. The number of hydrogen-bond acceptors (Lipinski definition) is 2. The molecule has 1 atom stereocenters. The Labute approximate surface area is 108 Å². The van der Waals surface area contributed by atoms with E-state index in [2.05, 4.69) is 29.6 Å². The third-order valence-corrected chi connectivity index (χ3v) is 3.97. The van der Waals surface area contributed by atoms with E-state index in [1.807, 2.05) is 11.7 Å².